The van der Waals surface area contributed by atoms with Crippen LogP contribution in [-0.2, 0) is 6.54 Å². The van der Waals surface area contributed by atoms with Gasteiger partial charge in [-0.1, -0.05) is 20.8 Å². The highest BCUT2D eigenvalue weighted by Crippen LogP contribution is 2.03. The summed E-state index contributed by atoms with van der Waals surface area (Å²) in [4.78, 5) is 16.1. The third-order valence-electron chi connectivity index (χ3n) is 2.68. The van der Waals surface area contributed by atoms with Gasteiger partial charge in [0.15, 0.2) is 5.82 Å². The Hall–Kier alpha value is -1.36. The van der Waals surface area contributed by atoms with Gasteiger partial charge in [-0.3, -0.25) is 4.79 Å². The molecule has 0 bridgehead atoms. The fraction of sp³-hybridized carbons (Fsp3) is 0.692. The molecular weight excluding hydrogens is 228 g/mol. The number of aryl methyl sites for hydroxylation is 1. The van der Waals surface area contributed by atoms with Crippen molar-refractivity contribution < 1.29 is 0 Å². The molecule has 0 saturated carbocycles. The Morgan fingerprint density at radius 3 is 2.83 bits per heavy atom. The Morgan fingerprint density at radius 2 is 2.22 bits per heavy atom. The summed E-state index contributed by atoms with van der Waals surface area (Å²) < 4.78 is 1.67. The van der Waals surface area contributed by atoms with E-state index in [0.717, 1.165) is 12.8 Å². The lowest BCUT2D eigenvalue weighted by molar-refractivity contribution is 0.507. The van der Waals surface area contributed by atoms with Gasteiger partial charge in [-0.15, -0.1) is 0 Å². The number of anilines is 1. The predicted octanol–water partition coefficient (Wildman–Crippen LogP) is 1.44. The van der Waals surface area contributed by atoms with Crippen molar-refractivity contribution in [2.75, 3.05) is 11.9 Å². The number of hydrogen-bond donors (Lipinski definition) is 2. The van der Waals surface area contributed by atoms with Crippen LogP contribution in [0.15, 0.2) is 17.2 Å². The molecule has 1 unspecified atom stereocenters. The minimum atomic E-state index is -0.0731. The van der Waals surface area contributed by atoms with Crippen molar-refractivity contribution in [1.82, 2.24) is 9.55 Å². The van der Waals surface area contributed by atoms with E-state index in [1.807, 2.05) is 6.92 Å². The van der Waals surface area contributed by atoms with E-state index in [0.29, 0.717) is 24.8 Å². The van der Waals surface area contributed by atoms with E-state index >= 15 is 0 Å². The Balaban J connectivity index is 2.62. The molecule has 5 heteroatoms. The van der Waals surface area contributed by atoms with Gasteiger partial charge in [-0.05, 0) is 18.8 Å². The molecule has 0 aliphatic carbocycles. The van der Waals surface area contributed by atoms with Crippen molar-refractivity contribution in [3.8, 4) is 0 Å². The zero-order valence-corrected chi connectivity index (χ0v) is 11.5. The third-order valence-corrected chi connectivity index (χ3v) is 2.68. The van der Waals surface area contributed by atoms with Crippen LogP contribution in [0.4, 0.5) is 5.82 Å². The molecule has 0 aromatic carbocycles. The largest absolute Gasteiger partial charge is 0.364 e. The van der Waals surface area contributed by atoms with Gasteiger partial charge in [0.05, 0.1) is 0 Å². The SMILES string of the molecule is CCCn1ccnc(NCC(N)CC(C)C)c1=O. The lowest BCUT2D eigenvalue weighted by atomic mass is 10.0. The highest BCUT2D eigenvalue weighted by Gasteiger charge is 2.08. The molecule has 0 radical (unpaired) electrons. The first kappa shape index (κ1) is 14.7. The highest BCUT2D eigenvalue weighted by molar-refractivity contribution is 5.30. The van der Waals surface area contributed by atoms with Gasteiger partial charge in [-0.25, -0.2) is 4.98 Å². The second-order valence-corrected chi connectivity index (χ2v) is 5.04. The molecule has 1 rings (SSSR count). The van der Waals surface area contributed by atoms with Crippen LogP contribution < -0.4 is 16.6 Å². The monoisotopic (exact) mass is 252 g/mol. The average molecular weight is 252 g/mol. The summed E-state index contributed by atoms with van der Waals surface area (Å²) in [7, 11) is 0. The molecule has 0 spiro atoms. The van der Waals surface area contributed by atoms with Crippen molar-refractivity contribution in [2.45, 2.75) is 46.2 Å². The molecule has 1 aromatic rings. The third kappa shape index (κ3) is 4.49. The first-order chi connectivity index (χ1) is 8.54. The molecule has 0 fully saturated rings. The van der Waals surface area contributed by atoms with Gasteiger partial charge in [0, 0.05) is 31.5 Å². The van der Waals surface area contributed by atoms with E-state index in [1.54, 1.807) is 17.0 Å². The van der Waals surface area contributed by atoms with E-state index in [9.17, 15) is 4.79 Å². The maximum atomic E-state index is 12.0. The summed E-state index contributed by atoms with van der Waals surface area (Å²) in [5, 5.41) is 3.05. The molecule has 0 saturated heterocycles. The normalized spacial score (nSPS) is 12.7. The van der Waals surface area contributed by atoms with Gasteiger partial charge in [-0.2, -0.15) is 0 Å². The van der Waals surface area contributed by atoms with Crippen LogP contribution in [0.25, 0.3) is 0 Å². The molecule has 1 heterocycles. The second kappa shape index (κ2) is 7.16. The van der Waals surface area contributed by atoms with Gasteiger partial charge in [0.25, 0.3) is 5.56 Å². The van der Waals surface area contributed by atoms with Gasteiger partial charge in [0.1, 0.15) is 0 Å². The van der Waals surface area contributed by atoms with E-state index < -0.39 is 0 Å². The second-order valence-electron chi connectivity index (χ2n) is 5.04. The summed E-state index contributed by atoms with van der Waals surface area (Å²) in [5.41, 5.74) is 5.90. The molecule has 0 aliphatic rings. The number of aromatic nitrogens is 2. The van der Waals surface area contributed by atoms with Gasteiger partial charge < -0.3 is 15.6 Å². The van der Waals surface area contributed by atoms with Crippen molar-refractivity contribution in [1.29, 1.82) is 0 Å². The fourth-order valence-corrected chi connectivity index (χ4v) is 1.90. The standard InChI is InChI=1S/C13H24N4O/c1-4-6-17-7-5-15-12(13(17)18)16-9-11(14)8-10(2)3/h5,7,10-11H,4,6,8-9,14H2,1-3H3,(H,15,16). The number of rotatable bonds is 7. The predicted molar refractivity (Wildman–Crippen MR) is 74.7 cm³/mol. The Bertz CT molecular complexity index is 414. The molecule has 102 valence electrons. The lowest BCUT2D eigenvalue weighted by Gasteiger charge is -2.15. The van der Waals surface area contributed by atoms with Crippen molar-refractivity contribution in [3.63, 3.8) is 0 Å². The molecule has 1 aromatic heterocycles. The van der Waals surface area contributed by atoms with Crippen LogP contribution in [0, 0.1) is 5.92 Å². The topological polar surface area (TPSA) is 72.9 Å². The zero-order chi connectivity index (χ0) is 13.5. The molecule has 1 atom stereocenters. The highest BCUT2D eigenvalue weighted by atomic mass is 16.1. The quantitative estimate of drug-likeness (QED) is 0.770. The van der Waals surface area contributed by atoms with Crippen LogP contribution in [0.1, 0.15) is 33.6 Å². The summed E-state index contributed by atoms with van der Waals surface area (Å²) in [5.74, 6) is 0.951. The first-order valence-corrected chi connectivity index (χ1v) is 6.59. The maximum Gasteiger partial charge on any atom is 0.293 e. The zero-order valence-electron chi connectivity index (χ0n) is 11.5. The summed E-state index contributed by atoms with van der Waals surface area (Å²) in [6.45, 7) is 7.60. The minimum absolute atomic E-state index is 0.0473. The fourth-order valence-electron chi connectivity index (χ4n) is 1.90. The maximum absolute atomic E-state index is 12.0. The van der Waals surface area contributed by atoms with Crippen LogP contribution in [0.3, 0.4) is 0 Å². The van der Waals surface area contributed by atoms with Crippen LogP contribution in [0.5, 0.6) is 0 Å². The van der Waals surface area contributed by atoms with E-state index in [-0.39, 0.29) is 11.6 Å². The summed E-state index contributed by atoms with van der Waals surface area (Å²) in [6, 6.07) is 0.0473. The summed E-state index contributed by atoms with van der Waals surface area (Å²) in [6.07, 6.45) is 5.22. The van der Waals surface area contributed by atoms with Crippen LogP contribution in [0.2, 0.25) is 0 Å². The van der Waals surface area contributed by atoms with Gasteiger partial charge in [0.2, 0.25) is 0 Å². The molecule has 0 aliphatic heterocycles. The van der Waals surface area contributed by atoms with Crippen molar-refractivity contribution in [3.05, 3.63) is 22.7 Å². The van der Waals surface area contributed by atoms with Crippen molar-refractivity contribution in [2.24, 2.45) is 11.7 Å². The number of nitrogens with zero attached hydrogens (tertiary/aromatic N) is 2. The summed E-state index contributed by atoms with van der Waals surface area (Å²) >= 11 is 0. The molecule has 3 N–H and O–H groups in total. The number of nitrogens with two attached hydrogens (primary N) is 1. The molecule has 5 nitrogen and oxygen atoms in total. The molecule has 18 heavy (non-hydrogen) atoms. The van der Waals surface area contributed by atoms with E-state index in [1.165, 1.54) is 0 Å². The number of hydrogen-bond acceptors (Lipinski definition) is 4. The Kier molecular flexibility index (Phi) is 5.85. The lowest BCUT2D eigenvalue weighted by Crippen LogP contribution is -2.33. The van der Waals surface area contributed by atoms with Crippen molar-refractivity contribution >= 4 is 5.82 Å². The van der Waals surface area contributed by atoms with Crippen LogP contribution >= 0.6 is 0 Å². The minimum Gasteiger partial charge on any atom is -0.364 e. The number of nitrogens with one attached hydrogen (secondary N) is 1. The molecule has 0 amide bonds. The smallest absolute Gasteiger partial charge is 0.293 e. The van der Waals surface area contributed by atoms with Gasteiger partial charge >= 0.3 is 0 Å². The van der Waals surface area contributed by atoms with E-state index in [2.05, 4.69) is 24.1 Å². The Labute approximate surface area is 108 Å². The Morgan fingerprint density at radius 1 is 1.50 bits per heavy atom. The molecular formula is C13H24N4O. The first-order valence-electron chi connectivity index (χ1n) is 6.59. The van der Waals surface area contributed by atoms with Crippen LogP contribution in [-0.4, -0.2) is 22.1 Å². The average Bonchev–Trinajstić information content (AvgIpc) is 2.29. The van der Waals surface area contributed by atoms with E-state index in [4.69, 9.17) is 5.73 Å².